The third-order valence-corrected chi connectivity index (χ3v) is 4.35. The van der Waals surface area contributed by atoms with Crippen molar-refractivity contribution in [2.45, 2.75) is 18.4 Å². The molecule has 0 atom stereocenters. The SMILES string of the molecule is N=C(N)CC(=O)OCc1cccc(-c2cnc(N3CC(Cl)C3)c(F)c2)c1F. The molecule has 6 nitrogen and oxygen atoms in total. The Balaban J connectivity index is 1.78. The molecule has 27 heavy (non-hydrogen) atoms. The van der Waals surface area contributed by atoms with Crippen molar-refractivity contribution in [1.29, 1.82) is 5.41 Å². The molecule has 0 amide bonds. The number of halogens is 3. The van der Waals surface area contributed by atoms with E-state index in [0.29, 0.717) is 13.1 Å². The summed E-state index contributed by atoms with van der Waals surface area (Å²) in [6, 6.07) is 5.74. The van der Waals surface area contributed by atoms with E-state index < -0.39 is 17.6 Å². The number of pyridine rings is 1. The summed E-state index contributed by atoms with van der Waals surface area (Å²) in [5.74, 6) is -2.07. The molecule has 1 aromatic heterocycles. The highest BCUT2D eigenvalue weighted by Crippen LogP contribution is 2.30. The first-order valence-corrected chi connectivity index (χ1v) is 8.59. The van der Waals surface area contributed by atoms with Gasteiger partial charge in [0, 0.05) is 36.0 Å². The molecule has 1 aliphatic rings. The summed E-state index contributed by atoms with van der Waals surface area (Å²) in [6.45, 7) is 0.714. The van der Waals surface area contributed by atoms with Crippen molar-refractivity contribution in [3.05, 3.63) is 47.7 Å². The highest BCUT2D eigenvalue weighted by Gasteiger charge is 2.28. The molecule has 0 bridgehead atoms. The maximum absolute atomic E-state index is 14.8. The van der Waals surface area contributed by atoms with Gasteiger partial charge in [-0.2, -0.15) is 0 Å². The lowest BCUT2D eigenvalue weighted by atomic mass is 10.0. The fraction of sp³-hybridized carbons (Fsp3) is 0.278. The number of esters is 1. The van der Waals surface area contributed by atoms with Crippen LogP contribution < -0.4 is 10.6 Å². The largest absolute Gasteiger partial charge is 0.460 e. The van der Waals surface area contributed by atoms with Crippen molar-refractivity contribution < 1.29 is 18.3 Å². The summed E-state index contributed by atoms with van der Waals surface area (Å²) >= 11 is 5.90. The van der Waals surface area contributed by atoms with Gasteiger partial charge in [0.1, 0.15) is 24.7 Å². The number of ether oxygens (including phenoxy) is 1. The summed E-state index contributed by atoms with van der Waals surface area (Å²) in [7, 11) is 0. The molecule has 142 valence electrons. The normalized spacial score (nSPS) is 14.0. The Labute approximate surface area is 159 Å². The summed E-state index contributed by atoms with van der Waals surface area (Å²) in [6.07, 6.45) is 1.03. The van der Waals surface area contributed by atoms with Gasteiger partial charge in [-0.3, -0.25) is 10.2 Å². The standard InChI is InChI=1S/C18H17ClF2N4O2/c19-12-7-25(8-12)18-14(20)4-11(6-24-18)13-3-1-2-10(17(13)21)9-27-16(26)5-15(22)23/h1-4,6,12H,5,7-9H2,(H3,22,23). The van der Waals surface area contributed by atoms with Crippen LogP contribution in [0.5, 0.6) is 0 Å². The van der Waals surface area contributed by atoms with Crippen LogP contribution >= 0.6 is 11.6 Å². The Morgan fingerprint density at radius 1 is 1.41 bits per heavy atom. The van der Waals surface area contributed by atoms with Gasteiger partial charge < -0.3 is 15.4 Å². The van der Waals surface area contributed by atoms with Gasteiger partial charge in [0.2, 0.25) is 0 Å². The van der Waals surface area contributed by atoms with Gasteiger partial charge in [-0.15, -0.1) is 11.6 Å². The molecule has 9 heteroatoms. The number of carbonyl (C=O) groups is 1. The molecule has 1 saturated heterocycles. The van der Waals surface area contributed by atoms with Crippen molar-refractivity contribution in [2.75, 3.05) is 18.0 Å². The quantitative estimate of drug-likeness (QED) is 0.340. The fourth-order valence-electron chi connectivity index (χ4n) is 2.69. The fourth-order valence-corrected chi connectivity index (χ4v) is 3.02. The van der Waals surface area contributed by atoms with Crippen LogP contribution in [-0.4, -0.2) is 35.3 Å². The Morgan fingerprint density at radius 3 is 2.78 bits per heavy atom. The first kappa shape index (κ1) is 19.0. The van der Waals surface area contributed by atoms with Gasteiger partial charge in [0.25, 0.3) is 0 Å². The Bertz CT molecular complexity index is 888. The lowest BCUT2D eigenvalue weighted by Crippen LogP contribution is -2.48. The second-order valence-electron chi connectivity index (χ2n) is 6.17. The van der Waals surface area contributed by atoms with Crippen molar-refractivity contribution in [3.63, 3.8) is 0 Å². The number of amidine groups is 1. The molecule has 3 rings (SSSR count). The van der Waals surface area contributed by atoms with E-state index in [0.717, 1.165) is 0 Å². The third-order valence-electron chi connectivity index (χ3n) is 4.07. The number of anilines is 1. The molecule has 0 radical (unpaired) electrons. The van der Waals surface area contributed by atoms with E-state index in [1.807, 2.05) is 0 Å². The Hall–Kier alpha value is -2.74. The van der Waals surface area contributed by atoms with Gasteiger partial charge in [-0.05, 0) is 6.07 Å². The lowest BCUT2D eigenvalue weighted by Gasteiger charge is -2.36. The van der Waals surface area contributed by atoms with Crippen molar-refractivity contribution >= 4 is 29.2 Å². The molecule has 0 spiro atoms. The van der Waals surface area contributed by atoms with Crippen molar-refractivity contribution in [3.8, 4) is 11.1 Å². The molecule has 0 aliphatic carbocycles. The van der Waals surface area contributed by atoms with Crippen LogP contribution in [0.15, 0.2) is 30.5 Å². The topological polar surface area (TPSA) is 92.3 Å². The van der Waals surface area contributed by atoms with E-state index in [9.17, 15) is 13.6 Å². The maximum Gasteiger partial charge on any atom is 0.313 e. The van der Waals surface area contributed by atoms with E-state index in [-0.39, 0.29) is 46.7 Å². The lowest BCUT2D eigenvalue weighted by molar-refractivity contribution is -0.143. The molecule has 2 heterocycles. The minimum Gasteiger partial charge on any atom is -0.460 e. The van der Waals surface area contributed by atoms with Gasteiger partial charge in [-0.1, -0.05) is 18.2 Å². The zero-order chi connectivity index (χ0) is 19.6. The second kappa shape index (κ2) is 7.87. The Kier molecular flexibility index (Phi) is 5.55. The first-order chi connectivity index (χ1) is 12.8. The highest BCUT2D eigenvalue weighted by atomic mass is 35.5. The van der Waals surface area contributed by atoms with Crippen molar-refractivity contribution in [1.82, 2.24) is 4.98 Å². The Morgan fingerprint density at radius 2 is 2.15 bits per heavy atom. The number of nitrogens with zero attached hydrogens (tertiary/aromatic N) is 2. The number of hydrogen-bond donors (Lipinski definition) is 2. The van der Waals surface area contributed by atoms with E-state index in [1.165, 1.54) is 24.4 Å². The average molecular weight is 395 g/mol. The maximum atomic E-state index is 14.8. The van der Waals surface area contributed by atoms with Crippen LogP contribution in [0.4, 0.5) is 14.6 Å². The number of rotatable bonds is 6. The third kappa shape index (κ3) is 4.33. The summed E-state index contributed by atoms with van der Waals surface area (Å²) in [4.78, 5) is 17.3. The number of benzene rings is 1. The molecular formula is C18H17ClF2N4O2. The number of carbonyl (C=O) groups excluding carboxylic acids is 1. The smallest absolute Gasteiger partial charge is 0.313 e. The van der Waals surface area contributed by atoms with Gasteiger partial charge in [0.05, 0.1) is 5.38 Å². The zero-order valence-corrected chi connectivity index (χ0v) is 15.0. The van der Waals surface area contributed by atoms with Crippen LogP contribution in [0.1, 0.15) is 12.0 Å². The zero-order valence-electron chi connectivity index (χ0n) is 14.2. The predicted octanol–water partition coefficient (Wildman–Crippen LogP) is 2.82. The number of alkyl halides is 1. The first-order valence-electron chi connectivity index (χ1n) is 8.16. The average Bonchev–Trinajstić information content (AvgIpc) is 2.58. The summed E-state index contributed by atoms with van der Waals surface area (Å²) < 4.78 is 34.0. The predicted molar refractivity (Wildman–Crippen MR) is 97.8 cm³/mol. The van der Waals surface area contributed by atoms with Crippen LogP contribution in [0.2, 0.25) is 0 Å². The molecule has 0 unspecified atom stereocenters. The molecule has 1 aromatic carbocycles. The highest BCUT2D eigenvalue weighted by molar-refractivity contribution is 6.22. The van der Waals surface area contributed by atoms with E-state index in [4.69, 9.17) is 27.5 Å². The number of nitrogens with two attached hydrogens (primary N) is 1. The summed E-state index contributed by atoms with van der Waals surface area (Å²) in [5.41, 5.74) is 5.66. The molecule has 1 aliphatic heterocycles. The second-order valence-corrected chi connectivity index (χ2v) is 6.79. The van der Waals surface area contributed by atoms with E-state index >= 15 is 0 Å². The van der Waals surface area contributed by atoms with E-state index in [1.54, 1.807) is 11.0 Å². The van der Waals surface area contributed by atoms with Gasteiger partial charge >= 0.3 is 5.97 Å². The van der Waals surface area contributed by atoms with Gasteiger partial charge in [-0.25, -0.2) is 13.8 Å². The molecule has 2 aromatic rings. The number of nitrogens with one attached hydrogen (secondary N) is 1. The van der Waals surface area contributed by atoms with Crippen LogP contribution in [0.3, 0.4) is 0 Å². The molecule has 3 N–H and O–H groups in total. The van der Waals surface area contributed by atoms with Crippen LogP contribution in [0, 0.1) is 17.0 Å². The molecule has 1 fully saturated rings. The van der Waals surface area contributed by atoms with Gasteiger partial charge in [0.15, 0.2) is 11.6 Å². The van der Waals surface area contributed by atoms with E-state index in [2.05, 4.69) is 4.98 Å². The minimum absolute atomic E-state index is 0.0225. The monoisotopic (exact) mass is 394 g/mol. The van der Waals surface area contributed by atoms with Crippen LogP contribution in [-0.2, 0) is 16.1 Å². The molecular weight excluding hydrogens is 378 g/mol. The van der Waals surface area contributed by atoms with Crippen molar-refractivity contribution in [2.24, 2.45) is 5.73 Å². The van der Waals surface area contributed by atoms with Crippen LogP contribution in [0.25, 0.3) is 11.1 Å². The number of hydrogen-bond acceptors (Lipinski definition) is 5. The minimum atomic E-state index is -0.725. The molecule has 0 saturated carbocycles. The number of aromatic nitrogens is 1. The summed E-state index contributed by atoms with van der Waals surface area (Å²) in [5, 5.41) is 7.02.